The molecule has 0 spiro atoms. The number of aryl methyl sites for hydroxylation is 2. The van der Waals surface area contributed by atoms with Gasteiger partial charge in [-0.15, -0.1) is 0 Å². The van der Waals surface area contributed by atoms with Gasteiger partial charge in [-0.25, -0.2) is 4.99 Å². The summed E-state index contributed by atoms with van der Waals surface area (Å²) in [5.74, 6) is 1.01. The van der Waals surface area contributed by atoms with Crippen molar-refractivity contribution in [2.75, 3.05) is 13.1 Å². The fourth-order valence-electron chi connectivity index (χ4n) is 4.19. The lowest BCUT2D eigenvalue weighted by atomic mass is 9.88. The Bertz CT molecular complexity index is 1090. The van der Waals surface area contributed by atoms with E-state index in [-0.39, 0.29) is 0 Å². The smallest absolute Gasteiger partial charge is 0.131 e. The van der Waals surface area contributed by atoms with E-state index >= 15 is 0 Å². The van der Waals surface area contributed by atoms with Crippen LogP contribution >= 0.6 is 0 Å². The molecule has 5 heteroatoms. The Morgan fingerprint density at radius 2 is 2.04 bits per heavy atom. The van der Waals surface area contributed by atoms with Gasteiger partial charge in [0.25, 0.3) is 0 Å². The average Bonchev–Trinajstić information content (AvgIpc) is 3.08. The summed E-state index contributed by atoms with van der Waals surface area (Å²) in [5, 5.41) is 13.9. The molecule has 28 heavy (non-hydrogen) atoms. The fourth-order valence-corrected chi connectivity index (χ4v) is 4.19. The number of nitrogens with one attached hydrogen (secondary N) is 1. The summed E-state index contributed by atoms with van der Waals surface area (Å²) >= 11 is 0. The number of piperidine rings is 1. The van der Waals surface area contributed by atoms with E-state index < -0.39 is 0 Å². The maximum Gasteiger partial charge on any atom is 0.131 e. The monoisotopic (exact) mass is 371 g/mol. The lowest BCUT2D eigenvalue weighted by Crippen LogP contribution is -2.26. The second-order valence-electron chi connectivity index (χ2n) is 7.51. The summed E-state index contributed by atoms with van der Waals surface area (Å²) in [6, 6.07) is 13.6. The number of fused-ring (bicyclic) bond motifs is 1. The first kappa shape index (κ1) is 18.3. The first-order valence-electron chi connectivity index (χ1n) is 9.72. The average molecular weight is 371 g/mol. The number of hydrogen-bond acceptors (Lipinski definition) is 3. The van der Waals surface area contributed by atoms with Crippen LogP contribution in [0.15, 0.2) is 47.6 Å². The van der Waals surface area contributed by atoms with Gasteiger partial charge in [-0.2, -0.15) is 5.26 Å². The molecule has 1 aliphatic rings. The molecule has 1 fully saturated rings. The quantitative estimate of drug-likeness (QED) is 0.542. The molecule has 0 bridgehead atoms. The molecule has 1 aliphatic heterocycles. The van der Waals surface area contributed by atoms with Crippen LogP contribution in [0.2, 0.25) is 0 Å². The standard InChI is InChI=1S/C23H25N5/c1-15-20(27-23(25)18-5-3-4-16(12-18)13-24)6-7-21-22(15)19(14-28(21)2)17-8-10-26-11-9-17/h3-7,12,14,17,26H,8-11H2,1-2H3,(H2,25,27). The van der Waals surface area contributed by atoms with Gasteiger partial charge in [0, 0.05) is 29.7 Å². The van der Waals surface area contributed by atoms with Crippen LogP contribution < -0.4 is 11.1 Å². The molecule has 5 nitrogen and oxygen atoms in total. The predicted octanol–water partition coefficient (Wildman–Crippen LogP) is 3.86. The molecular weight excluding hydrogens is 346 g/mol. The minimum Gasteiger partial charge on any atom is -0.383 e. The van der Waals surface area contributed by atoms with E-state index in [4.69, 9.17) is 16.0 Å². The van der Waals surface area contributed by atoms with E-state index in [0.717, 1.165) is 42.7 Å². The number of nitrogens with zero attached hydrogens (tertiary/aromatic N) is 3. The number of rotatable bonds is 3. The number of aromatic nitrogens is 1. The van der Waals surface area contributed by atoms with Crippen molar-refractivity contribution in [1.82, 2.24) is 9.88 Å². The van der Waals surface area contributed by atoms with E-state index in [2.05, 4.69) is 42.2 Å². The molecule has 1 saturated heterocycles. The van der Waals surface area contributed by atoms with Gasteiger partial charge < -0.3 is 15.6 Å². The normalized spacial score (nSPS) is 15.7. The van der Waals surface area contributed by atoms with Crippen molar-refractivity contribution in [2.45, 2.75) is 25.7 Å². The lowest BCUT2D eigenvalue weighted by Gasteiger charge is -2.22. The van der Waals surface area contributed by atoms with Gasteiger partial charge in [-0.1, -0.05) is 12.1 Å². The van der Waals surface area contributed by atoms with E-state index in [1.165, 1.54) is 16.5 Å². The number of nitrogens with two attached hydrogens (primary N) is 1. The molecule has 0 aliphatic carbocycles. The number of amidine groups is 1. The Labute approximate surface area is 165 Å². The molecule has 3 N–H and O–H groups in total. The fraction of sp³-hybridized carbons (Fsp3) is 0.304. The Balaban J connectivity index is 1.80. The zero-order valence-electron chi connectivity index (χ0n) is 16.4. The zero-order valence-corrected chi connectivity index (χ0v) is 16.4. The summed E-state index contributed by atoms with van der Waals surface area (Å²) in [6.45, 7) is 4.27. The van der Waals surface area contributed by atoms with Crippen LogP contribution in [0.3, 0.4) is 0 Å². The molecule has 2 heterocycles. The Kier molecular flexibility index (Phi) is 4.89. The lowest BCUT2D eigenvalue weighted by molar-refractivity contribution is 0.462. The molecule has 2 aromatic carbocycles. The summed E-state index contributed by atoms with van der Waals surface area (Å²) < 4.78 is 2.22. The maximum atomic E-state index is 9.12. The van der Waals surface area contributed by atoms with Gasteiger partial charge in [0.1, 0.15) is 5.84 Å². The Morgan fingerprint density at radius 1 is 1.25 bits per heavy atom. The van der Waals surface area contributed by atoms with Crippen molar-refractivity contribution in [2.24, 2.45) is 17.8 Å². The van der Waals surface area contributed by atoms with Crippen LogP contribution in [0, 0.1) is 18.3 Å². The topological polar surface area (TPSA) is 79.1 Å². The largest absolute Gasteiger partial charge is 0.383 e. The van der Waals surface area contributed by atoms with Crippen molar-refractivity contribution in [3.05, 3.63) is 64.8 Å². The van der Waals surface area contributed by atoms with Crippen molar-refractivity contribution in [3.8, 4) is 6.07 Å². The van der Waals surface area contributed by atoms with Crippen LogP contribution in [0.4, 0.5) is 5.69 Å². The highest BCUT2D eigenvalue weighted by atomic mass is 14.9. The van der Waals surface area contributed by atoms with Crippen molar-refractivity contribution < 1.29 is 0 Å². The third-order valence-corrected chi connectivity index (χ3v) is 5.72. The third kappa shape index (κ3) is 3.28. The van der Waals surface area contributed by atoms with Gasteiger partial charge in [0.2, 0.25) is 0 Å². The van der Waals surface area contributed by atoms with E-state index in [9.17, 15) is 0 Å². The van der Waals surface area contributed by atoms with Crippen molar-refractivity contribution in [3.63, 3.8) is 0 Å². The molecule has 0 saturated carbocycles. The van der Waals surface area contributed by atoms with E-state index in [0.29, 0.717) is 17.3 Å². The molecule has 0 unspecified atom stereocenters. The SMILES string of the molecule is Cc1c(N=C(N)c2cccc(C#N)c2)ccc2c1c(C1CCNCC1)cn2C. The Morgan fingerprint density at radius 3 is 2.79 bits per heavy atom. The summed E-state index contributed by atoms with van der Waals surface area (Å²) in [6.07, 6.45) is 4.60. The number of benzene rings is 2. The summed E-state index contributed by atoms with van der Waals surface area (Å²) in [7, 11) is 2.11. The molecule has 0 atom stereocenters. The van der Waals surface area contributed by atoms with Gasteiger partial charge in [-0.3, -0.25) is 0 Å². The van der Waals surface area contributed by atoms with Gasteiger partial charge in [-0.05, 0) is 74.2 Å². The highest BCUT2D eigenvalue weighted by Crippen LogP contribution is 2.37. The molecule has 1 aromatic heterocycles. The molecule has 0 amide bonds. The van der Waals surface area contributed by atoms with Crippen LogP contribution in [-0.2, 0) is 7.05 Å². The minimum absolute atomic E-state index is 0.430. The molecule has 4 rings (SSSR count). The van der Waals surface area contributed by atoms with Crippen LogP contribution in [0.1, 0.15) is 41.0 Å². The van der Waals surface area contributed by atoms with Crippen LogP contribution in [-0.4, -0.2) is 23.5 Å². The van der Waals surface area contributed by atoms with Crippen LogP contribution in [0.25, 0.3) is 10.9 Å². The highest BCUT2D eigenvalue weighted by molar-refractivity contribution is 6.00. The Hall–Kier alpha value is -3.10. The second-order valence-corrected chi connectivity index (χ2v) is 7.51. The van der Waals surface area contributed by atoms with Gasteiger partial charge >= 0.3 is 0 Å². The van der Waals surface area contributed by atoms with E-state index in [1.54, 1.807) is 12.1 Å². The van der Waals surface area contributed by atoms with Gasteiger partial charge in [0.05, 0.1) is 17.3 Å². The van der Waals surface area contributed by atoms with Crippen molar-refractivity contribution >= 4 is 22.4 Å². The van der Waals surface area contributed by atoms with Crippen LogP contribution in [0.5, 0.6) is 0 Å². The minimum atomic E-state index is 0.430. The summed E-state index contributed by atoms with van der Waals surface area (Å²) in [5.41, 5.74) is 12.3. The summed E-state index contributed by atoms with van der Waals surface area (Å²) in [4.78, 5) is 4.71. The number of aliphatic imine (C=N–C) groups is 1. The number of nitriles is 1. The van der Waals surface area contributed by atoms with Crippen molar-refractivity contribution in [1.29, 1.82) is 5.26 Å². The zero-order chi connectivity index (χ0) is 19.7. The van der Waals surface area contributed by atoms with E-state index in [1.807, 2.05) is 18.2 Å². The highest BCUT2D eigenvalue weighted by Gasteiger charge is 2.21. The molecule has 0 radical (unpaired) electrons. The maximum absolute atomic E-state index is 9.12. The molecular formula is C23H25N5. The van der Waals surface area contributed by atoms with Gasteiger partial charge in [0.15, 0.2) is 0 Å². The molecule has 142 valence electrons. The number of hydrogen-bond donors (Lipinski definition) is 2. The molecule has 3 aromatic rings. The first-order valence-corrected chi connectivity index (χ1v) is 9.72. The first-order chi connectivity index (χ1) is 13.6. The third-order valence-electron chi connectivity index (χ3n) is 5.72. The second kappa shape index (κ2) is 7.49. The predicted molar refractivity (Wildman–Crippen MR) is 114 cm³/mol.